The Morgan fingerprint density at radius 2 is 1.21 bits per heavy atom. The van der Waals surface area contributed by atoms with Crippen molar-refractivity contribution >= 4 is 16.5 Å². The molecule has 1 aliphatic rings. The molecule has 142 valence electrons. The topological polar surface area (TPSA) is 23.9 Å². The highest BCUT2D eigenvalue weighted by Crippen LogP contribution is 2.49. The monoisotopic (exact) mass is 375 g/mol. The number of benzene rings is 4. The molecule has 0 radical (unpaired) electrons. The molecule has 4 aromatic carbocycles. The summed E-state index contributed by atoms with van der Waals surface area (Å²) in [5, 5.41) is 11.5. The van der Waals surface area contributed by atoms with Crippen LogP contribution in [0.1, 0.15) is 48.9 Å². The van der Waals surface area contributed by atoms with Gasteiger partial charge in [0.1, 0.15) is 0 Å². The fourth-order valence-corrected chi connectivity index (χ4v) is 4.67. The van der Waals surface area contributed by atoms with Crippen LogP contribution < -0.4 is 0 Å². The van der Waals surface area contributed by atoms with Crippen molar-refractivity contribution in [2.45, 2.75) is 26.7 Å². The Balaban J connectivity index is 1.86. The normalized spacial score (nSPS) is 13.3. The molecule has 0 fully saturated rings. The predicted octanol–water partition coefficient (Wildman–Crippen LogP) is 7.41. The molecular weight excluding hydrogens is 350 g/mol. The number of fused-ring (bicyclic) bond motifs is 4. The molecular formula is C28H25N. The first kappa shape index (κ1) is 17.9. The Kier molecular flexibility index (Phi) is 3.96. The molecule has 5 rings (SSSR count). The minimum Gasteiger partial charge on any atom is -0.304 e. The lowest BCUT2D eigenvalue weighted by molar-refractivity contribution is 0.588. The lowest BCUT2D eigenvalue weighted by Gasteiger charge is -2.27. The van der Waals surface area contributed by atoms with Gasteiger partial charge in [0.05, 0.1) is 0 Å². The van der Waals surface area contributed by atoms with E-state index in [2.05, 4.69) is 106 Å². The van der Waals surface area contributed by atoms with Crippen molar-refractivity contribution < 1.29 is 0 Å². The summed E-state index contributed by atoms with van der Waals surface area (Å²) in [4.78, 5) is 0. The van der Waals surface area contributed by atoms with Crippen LogP contribution in [0.4, 0.5) is 0 Å². The molecule has 0 aliphatic heterocycles. The molecule has 0 saturated carbocycles. The van der Waals surface area contributed by atoms with E-state index in [1.807, 2.05) is 0 Å². The van der Waals surface area contributed by atoms with Crippen molar-refractivity contribution in [2.75, 3.05) is 0 Å². The summed E-state index contributed by atoms with van der Waals surface area (Å²) in [5.41, 5.74) is 8.11. The van der Waals surface area contributed by atoms with Gasteiger partial charge in [-0.1, -0.05) is 106 Å². The molecule has 0 aromatic heterocycles. The van der Waals surface area contributed by atoms with Crippen LogP contribution in [0.2, 0.25) is 0 Å². The van der Waals surface area contributed by atoms with Crippen molar-refractivity contribution in [3.8, 4) is 11.1 Å². The highest BCUT2D eigenvalue weighted by Gasteiger charge is 2.33. The van der Waals surface area contributed by atoms with E-state index in [4.69, 9.17) is 5.41 Å². The number of hydrogen-bond acceptors (Lipinski definition) is 1. The average molecular weight is 376 g/mol. The van der Waals surface area contributed by atoms with Crippen LogP contribution in [0, 0.1) is 10.8 Å². The maximum Gasteiger partial charge on any atom is 0.0448 e. The number of nitrogens with one attached hydrogen (secondary N) is 1. The Morgan fingerprint density at radius 1 is 0.655 bits per heavy atom. The van der Waals surface area contributed by atoms with E-state index >= 15 is 0 Å². The maximum atomic E-state index is 9.14. The van der Waals surface area contributed by atoms with Gasteiger partial charge in [0, 0.05) is 22.6 Å². The van der Waals surface area contributed by atoms with Gasteiger partial charge >= 0.3 is 0 Å². The average Bonchev–Trinajstić information content (AvgIpc) is 3.06. The summed E-state index contributed by atoms with van der Waals surface area (Å²) >= 11 is 0. The number of rotatable bonds is 2. The van der Waals surface area contributed by atoms with E-state index < -0.39 is 0 Å². The molecule has 1 aliphatic carbocycles. The summed E-state index contributed by atoms with van der Waals surface area (Å²) in [5.74, 6) is 0.157. The van der Waals surface area contributed by atoms with Gasteiger partial charge in [-0.2, -0.15) is 0 Å². The first-order valence-electron chi connectivity index (χ1n) is 10.3. The van der Waals surface area contributed by atoms with Crippen molar-refractivity contribution in [2.24, 2.45) is 5.41 Å². The van der Waals surface area contributed by atoms with Crippen LogP contribution in [-0.4, -0.2) is 5.71 Å². The van der Waals surface area contributed by atoms with E-state index in [0.29, 0.717) is 5.71 Å². The van der Waals surface area contributed by atoms with Crippen LogP contribution in [0.3, 0.4) is 0 Å². The zero-order valence-corrected chi connectivity index (χ0v) is 17.2. The van der Waals surface area contributed by atoms with Gasteiger partial charge < -0.3 is 5.41 Å². The third kappa shape index (κ3) is 2.73. The first-order valence-corrected chi connectivity index (χ1v) is 10.3. The highest BCUT2D eigenvalue weighted by molar-refractivity contribution is 6.13. The van der Waals surface area contributed by atoms with E-state index in [-0.39, 0.29) is 11.3 Å². The van der Waals surface area contributed by atoms with Crippen LogP contribution in [-0.2, 0) is 0 Å². The van der Waals surface area contributed by atoms with Gasteiger partial charge in [-0.3, -0.25) is 0 Å². The van der Waals surface area contributed by atoms with E-state index in [0.717, 1.165) is 5.56 Å². The quantitative estimate of drug-likeness (QED) is 0.311. The van der Waals surface area contributed by atoms with E-state index in [1.54, 1.807) is 0 Å². The van der Waals surface area contributed by atoms with Gasteiger partial charge in [0.2, 0.25) is 0 Å². The summed E-state index contributed by atoms with van der Waals surface area (Å²) in [6, 6.07) is 30.4. The minimum absolute atomic E-state index is 0.157. The molecule has 0 saturated heterocycles. The molecule has 4 aromatic rings. The Morgan fingerprint density at radius 3 is 1.83 bits per heavy atom. The molecule has 1 N–H and O–H groups in total. The lowest BCUT2D eigenvalue weighted by Crippen LogP contribution is -2.23. The zero-order chi connectivity index (χ0) is 20.2. The van der Waals surface area contributed by atoms with Crippen LogP contribution in [0.15, 0.2) is 84.9 Å². The molecule has 0 heterocycles. The Hall–Kier alpha value is -3.19. The molecule has 29 heavy (non-hydrogen) atoms. The molecule has 0 amide bonds. The fraction of sp³-hybridized carbons (Fsp3) is 0.179. The second-order valence-corrected chi connectivity index (χ2v) is 8.98. The third-order valence-corrected chi connectivity index (χ3v) is 6.11. The van der Waals surface area contributed by atoms with Gasteiger partial charge in [-0.05, 0) is 38.6 Å². The van der Waals surface area contributed by atoms with Gasteiger partial charge in [-0.25, -0.2) is 0 Å². The van der Waals surface area contributed by atoms with Gasteiger partial charge in [0.15, 0.2) is 0 Å². The molecule has 0 bridgehead atoms. The van der Waals surface area contributed by atoms with Crippen molar-refractivity contribution in [3.63, 3.8) is 0 Å². The largest absolute Gasteiger partial charge is 0.304 e. The fourth-order valence-electron chi connectivity index (χ4n) is 4.67. The zero-order valence-electron chi connectivity index (χ0n) is 17.2. The summed E-state index contributed by atoms with van der Waals surface area (Å²) in [6.45, 7) is 6.41. The van der Waals surface area contributed by atoms with Crippen LogP contribution in [0.5, 0.6) is 0 Å². The van der Waals surface area contributed by atoms with Crippen LogP contribution >= 0.6 is 0 Å². The molecule has 0 atom stereocenters. The predicted molar refractivity (Wildman–Crippen MR) is 123 cm³/mol. The maximum absolute atomic E-state index is 9.14. The van der Waals surface area contributed by atoms with Crippen molar-refractivity contribution in [1.29, 1.82) is 5.41 Å². The lowest BCUT2D eigenvalue weighted by atomic mass is 9.77. The second-order valence-electron chi connectivity index (χ2n) is 8.98. The molecule has 0 unspecified atom stereocenters. The Bertz CT molecular complexity index is 1210. The molecule has 0 spiro atoms. The smallest absolute Gasteiger partial charge is 0.0448 e. The molecule has 1 nitrogen and oxygen atoms in total. The van der Waals surface area contributed by atoms with E-state index in [1.165, 1.54) is 38.6 Å². The highest BCUT2D eigenvalue weighted by atomic mass is 14.5. The van der Waals surface area contributed by atoms with Crippen molar-refractivity contribution in [1.82, 2.24) is 0 Å². The van der Waals surface area contributed by atoms with Gasteiger partial charge in [-0.15, -0.1) is 0 Å². The van der Waals surface area contributed by atoms with Crippen LogP contribution in [0.25, 0.3) is 21.9 Å². The number of hydrogen-bond donors (Lipinski definition) is 1. The summed E-state index contributed by atoms with van der Waals surface area (Å²) < 4.78 is 0. The van der Waals surface area contributed by atoms with Crippen molar-refractivity contribution in [3.05, 3.63) is 107 Å². The standard InChI is InChI=1S/C28H25N/c1-28(2,3)27(29)26-19-11-5-4-10-18(19)16-17-24(26)25-22-14-8-6-12-20(22)21-13-7-9-15-23(21)25/h4-17,25,29H,1-3H3. The summed E-state index contributed by atoms with van der Waals surface area (Å²) in [7, 11) is 0. The Labute approximate surface area is 172 Å². The third-order valence-electron chi connectivity index (χ3n) is 6.11. The summed E-state index contributed by atoms with van der Waals surface area (Å²) in [6.07, 6.45) is 0. The SMILES string of the molecule is CC(C)(C)C(=N)c1c(C2c3ccccc3-c3ccccc32)ccc2ccccc12. The second kappa shape index (κ2) is 6.42. The van der Waals surface area contributed by atoms with E-state index in [9.17, 15) is 0 Å². The minimum atomic E-state index is -0.226. The molecule has 1 heteroatoms. The first-order chi connectivity index (χ1) is 14.0. The van der Waals surface area contributed by atoms with Gasteiger partial charge in [0.25, 0.3) is 0 Å².